The van der Waals surface area contributed by atoms with Crippen LogP contribution in [-0.4, -0.2) is 50.3 Å². The highest BCUT2D eigenvalue weighted by Crippen LogP contribution is 2.32. The molecule has 0 spiro atoms. The minimum absolute atomic E-state index is 0.236. The second-order valence-electron chi connectivity index (χ2n) is 5.90. The predicted molar refractivity (Wildman–Crippen MR) is 92.2 cm³/mol. The summed E-state index contributed by atoms with van der Waals surface area (Å²) in [6.07, 6.45) is -0.123. The summed E-state index contributed by atoms with van der Waals surface area (Å²) in [5.74, 6) is -0.801. The third-order valence-corrected chi connectivity index (χ3v) is 6.28. The molecule has 1 fully saturated rings. The number of rotatable bonds is 5. The van der Waals surface area contributed by atoms with Crippen molar-refractivity contribution in [3.8, 4) is 0 Å². The lowest BCUT2D eigenvalue weighted by Gasteiger charge is -2.30. The molecule has 1 N–H and O–H groups in total. The predicted octanol–water partition coefficient (Wildman–Crippen LogP) is 3.17. The van der Waals surface area contributed by atoms with Crippen LogP contribution in [0.4, 0.5) is 4.79 Å². The number of carbonyl (C=O) groups excluding carboxylic acids is 3. The molecule has 0 bridgehead atoms. The van der Waals surface area contributed by atoms with Crippen molar-refractivity contribution in [2.75, 3.05) is 6.54 Å². The Morgan fingerprint density at radius 1 is 1.42 bits per heavy atom. The highest BCUT2D eigenvalue weighted by molar-refractivity contribution is 8.14. The molecule has 0 radical (unpaired) electrons. The van der Waals surface area contributed by atoms with Gasteiger partial charge in [-0.05, 0) is 18.4 Å². The molecule has 1 aromatic heterocycles. The first kappa shape index (κ1) is 18.8. The minimum Gasteiger partial charge on any atom is -0.435 e. The molecule has 3 atom stereocenters. The zero-order valence-electron chi connectivity index (χ0n) is 13.6. The van der Waals surface area contributed by atoms with Crippen molar-refractivity contribution >= 4 is 46.0 Å². The van der Waals surface area contributed by atoms with E-state index in [9.17, 15) is 24.3 Å². The number of carboxylic acid groups (broad SMARTS) is 1. The number of imide groups is 1. The van der Waals surface area contributed by atoms with E-state index in [0.29, 0.717) is 17.7 Å². The summed E-state index contributed by atoms with van der Waals surface area (Å²) < 4.78 is -0.646. The van der Waals surface area contributed by atoms with E-state index in [1.807, 2.05) is 0 Å². The van der Waals surface area contributed by atoms with Gasteiger partial charge in [-0.15, -0.1) is 11.3 Å². The van der Waals surface area contributed by atoms with Crippen molar-refractivity contribution < 1.29 is 28.8 Å². The Labute approximate surface area is 148 Å². The van der Waals surface area contributed by atoms with Crippen molar-refractivity contribution in [2.24, 2.45) is 0 Å². The van der Waals surface area contributed by atoms with Crippen molar-refractivity contribution in [1.82, 2.24) is 0 Å². The average Bonchev–Trinajstić information content (AvgIpc) is 3.14. The fourth-order valence-electron chi connectivity index (χ4n) is 3.13. The van der Waals surface area contributed by atoms with E-state index in [0.717, 1.165) is 11.8 Å². The molecule has 24 heavy (non-hydrogen) atoms. The third-order valence-electron chi connectivity index (χ3n) is 4.40. The Morgan fingerprint density at radius 3 is 2.58 bits per heavy atom. The van der Waals surface area contributed by atoms with E-state index in [1.165, 1.54) is 18.3 Å². The molecule has 2 rings (SSSR count). The number of hydrogen-bond acceptors (Lipinski definition) is 6. The van der Waals surface area contributed by atoms with Crippen LogP contribution in [0.3, 0.4) is 0 Å². The molecular formula is C16H20NO5S2+. The summed E-state index contributed by atoms with van der Waals surface area (Å²) in [7, 11) is 0. The first-order valence-electron chi connectivity index (χ1n) is 7.68. The highest BCUT2D eigenvalue weighted by atomic mass is 32.2. The lowest BCUT2D eigenvalue weighted by Crippen LogP contribution is -2.59. The topological polar surface area (TPSA) is 88.5 Å². The number of thioether (sulfide) groups is 1. The highest BCUT2D eigenvalue weighted by Gasteiger charge is 2.53. The molecule has 130 valence electrons. The number of carbonyl (C=O) groups is 4. The van der Waals surface area contributed by atoms with Crippen LogP contribution in [0.25, 0.3) is 0 Å². The standard InChI is InChI=1S/C16H19NO5S2/c1-10-5-3-7-17(10,16(21)22)14(19)9-13(24-11(2)18)15(20)12-6-4-8-23-12/h4,6,8,10,13H,3,5,7,9H2,1-2H3/p+1/t10-,13?,17?/m1/s1. The second-order valence-corrected chi connectivity index (χ2v) is 8.23. The van der Waals surface area contributed by atoms with Crippen molar-refractivity contribution in [1.29, 1.82) is 0 Å². The van der Waals surface area contributed by atoms with Gasteiger partial charge in [0.1, 0.15) is 6.04 Å². The Hall–Kier alpha value is -1.51. The molecule has 6 nitrogen and oxygen atoms in total. The largest absolute Gasteiger partial charge is 0.521 e. The van der Waals surface area contributed by atoms with Crippen LogP contribution in [0.5, 0.6) is 0 Å². The van der Waals surface area contributed by atoms with Crippen LogP contribution >= 0.6 is 23.1 Å². The van der Waals surface area contributed by atoms with Crippen LogP contribution in [0, 0.1) is 0 Å². The molecule has 1 aliphatic heterocycles. The molecule has 2 heterocycles. The normalized spacial score (nSPS) is 24.5. The van der Waals surface area contributed by atoms with Gasteiger partial charge in [-0.2, -0.15) is 9.28 Å². The number of thiophene rings is 1. The Balaban J connectivity index is 2.25. The van der Waals surface area contributed by atoms with Crippen molar-refractivity contribution in [2.45, 2.75) is 44.4 Å². The maximum Gasteiger partial charge on any atom is 0.521 e. The SMILES string of the molecule is CC(=O)SC(CC(=O)[N+]1(C(=O)O)CCC[C@H]1C)C(=O)c1cccs1. The third kappa shape index (κ3) is 3.60. The number of quaternary nitrogens is 1. The molecule has 1 aromatic rings. The summed E-state index contributed by atoms with van der Waals surface area (Å²) in [6, 6.07) is 3.05. The van der Waals surface area contributed by atoms with E-state index in [4.69, 9.17) is 0 Å². The second kappa shape index (κ2) is 7.58. The number of hydrogen-bond donors (Lipinski definition) is 1. The lowest BCUT2D eigenvalue weighted by molar-refractivity contribution is -0.792. The van der Waals surface area contributed by atoms with Gasteiger partial charge < -0.3 is 5.11 Å². The van der Waals surface area contributed by atoms with Gasteiger partial charge in [0.2, 0.25) is 0 Å². The number of Topliss-reactive ketones (excluding diaryl/α,β-unsaturated/α-hetero) is 1. The fourth-order valence-corrected chi connectivity index (χ4v) is 4.78. The molecule has 8 heteroatoms. The Kier molecular flexibility index (Phi) is 5.95. The monoisotopic (exact) mass is 370 g/mol. The summed E-state index contributed by atoms with van der Waals surface area (Å²) in [5, 5.41) is 10.2. The first-order valence-corrected chi connectivity index (χ1v) is 9.44. The summed E-state index contributed by atoms with van der Waals surface area (Å²) in [6.45, 7) is 3.32. The van der Waals surface area contributed by atoms with Crippen LogP contribution in [0.1, 0.15) is 42.8 Å². The molecule has 1 saturated heterocycles. The molecule has 0 aliphatic carbocycles. The molecule has 0 saturated carbocycles. The number of ketones is 1. The van der Waals surface area contributed by atoms with E-state index < -0.39 is 21.7 Å². The zero-order valence-corrected chi connectivity index (χ0v) is 15.2. The van der Waals surface area contributed by atoms with E-state index >= 15 is 0 Å². The molecule has 2 amide bonds. The van der Waals surface area contributed by atoms with E-state index in [2.05, 4.69) is 0 Å². The maximum atomic E-state index is 12.8. The van der Waals surface area contributed by atoms with Crippen LogP contribution < -0.4 is 0 Å². The van der Waals surface area contributed by atoms with E-state index in [-0.39, 0.29) is 29.9 Å². The van der Waals surface area contributed by atoms with Gasteiger partial charge >= 0.3 is 12.0 Å². The number of amides is 2. The molecule has 0 aromatic carbocycles. The summed E-state index contributed by atoms with van der Waals surface area (Å²) in [5.41, 5.74) is 0. The summed E-state index contributed by atoms with van der Waals surface area (Å²) in [4.78, 5) is 49.1. The van der Waals surface area contributed by atoms with Crippen LogP contribution in [0.2, 0.25) is 0 Å². The number of nitrogens with zero attached hydrogens (tertiary/aromatic N) is 1. The van der Waals surface area contributed by atoms with Gasteiger partial charge in [-0.3, -0.25) is 9.59 Å². The average molecular weight is 370 g/mol. The van der Waals surface area contributed by atoms with Gasteiger partial charge in [0.05, 0.1) is 23.1 Å². The lowest BCUT2D eigenvalue weighted by atomic mass is 10.1. The molecule has 1 aliphatic rings. The van der Waals surface area contributed by atoms with Crippen molar-refractivity contribution in [3.63, 3.8) is 0 Å². The molecular weight excluding hydrogens is 350 g/mol. The smallest absolute Gasteiger partial charge is 0.435 e. The van der Waals surface area contributed by atoms with Gasteiger partial charge in [-0.25, -0.2) is 4.79 Å². The van der Waals surface area contributed by atoms with Crippen LogP contribution in [-0.2, 0) is 9.59 Å². The quantitative estimate of drug-likeness (QED) is 0.633. The summed E-state index contributed by atoms with van der Waals surface area (Å²) >= 11 is 2.04. The van der Waals surface area contributed by atoms with Gasteiger partial charge in [0.15, 0.2) is 10.9 Å². The minimum atomic E-state index is -1.18. The fraction of sp³-hybridized carbons (Fsp3) is 0.500. The Bertz CT molecular complexity index is 657. The van der Waals surface area contributed by atoms with Crippen molar-refractivity contribution in [3.05, 3.63) is 22.4 Å². The van der Waals surface area contributed by atoms with Gasteiger partial charge in [0, 0.05) is 19.8 Å². The first-order chi connectivity index (χ1) is 11.3. The van der Waals surface area contributed by atoms with Crippen LogP contribution in [0.15, 0.2) is 17.5 Å². The van der Waals surface area contributed by atoms with Gasteiger partial charge in [0.25, 0.3) is 0 Å². The van der Waals surface area contributed by atoms with Gasteiger partial charge in [-0.1, -0.05) is 17.8 Å². The zero-order chi connectivity index (χ0) is 17.9. The molecule has 2 unspecified atom stereocenters. The van der Waals surface area contributed by atoms with E-state index in [1.54, 1.807) is 24.4 Å². The Morgan fingerprint density at radius 2 is 2.12 bits per heavy atom. The maximum absolute atomic E-state index is 12.8. The number of likely N-dealkylation sites (tertiary alicyclic amines) is 1.